The molecule has 2 N–H and O–H groups in total. The van der Waals surface area contributed by atoms with Gasteiger partial charge in [0.2, 0.25) is 0 Å². The molecule has 1 heterocycles. The molecular formula is C20H19NO5. The Kier molecular flexibility index (Phi) is 4.67. The maximum atomic E-state index is 12.7. The number of benzene rings is 2. The first kappa shape index (κ1) is 17.5. The van der Waals surface area contributed by atoms with E-state index in [4.69, 9.17) is 4.74 Å². The lowest BCUT2D eigenvalue weighted by Gasteiger charge is -2.27. The van der Waals surface area contributed by atoms with Gasteiger partial charge in [0, 0.05) is 12.1 Å². The number of ether oxygens (including phenoxy) is 1. The maximum absolute atomic E-state index is 12.7. The molecule has 1 amide bonds. The molecule has 1 aliphatic heterocycles. The summed E-state index contributed by atoms with van der Waals surface area (Å²) in [5.41, 5.74) is 1.09. The topological polar surface area (TPSA) is 87.1 Å². The number of amides is 1. The molecule has 3 rings (SSSR count). The molecule has 0 saturated carbocycles. The van der Waals surface area contributed by atoms with Gasteiger partial charge >= 0.3 is 0 Å². The van der Waals surface area contributed by atoms with E-state index in [1.807, 2.05) is 0 Å². The largest absolute Gasteiger partial charge is 0.508 e. The van der Waals surface area contributed by atoms with Crippen molar-refractivity contribution in [2.75, 3.05) is 12.0 Å². The summed E-state index contributed by atoms with van der Waals surface area (Å²) in [5.74, 6) is -0.891. The molecule has 1 unspecified atom stereocenters. The average Bonchev–Trinajstić information content (AvgIpc) is 2.92. The monoisotopic (exact) mass is 353 g/mol. The van der Waals surface area contributed by atoms with Gasteiger partial charge in [0.1, 0.15) is 11.5 Å². The number of carbonyl (C=O) groups excluding carboxylic acids is 2. The fourth-order valence-corrected chi connectivity index (χ4v) is 3.10. The van der Waals surface area contributed by atoms with Crippen molar-refractivity contribution < 1.29 is 24.5 Å². The van der Waals surface area contributed by atoms with Gasteiger partial charge in [-0.1, -0.05) is 19.1 Å². The third-order valence-corrected chi connectivity index (χ3v) is 4.37. The molecule has 2 aromatic rings. The summed E-state index contributed by atoms with van der Waals surface area (Å²) in [6.07, 6.45) is 0.151. The van der Waals surface area contributed by atoms with Crippen LogP contribution in [0.25, 0.3) is 0 Å². The predicted octanol–water partition coefficient (Wildman–Crippen LogP) is 3.28. The minimum absolute atomic E-state index is 0.0133. The van der Waals surface area contributed by atoms with Crippen LogP contribution < -0.4 is 9.64 Å². The lowest BCUT2D eigenvalue weighted by molar-refractivity contribution is -0.118. The Labute approximate surface area is 150 Å². The van der Waals surface area contributed by atoms with Gasteiger partial charge in [0.15, 0.2) is 11.5 Å². The van der Waals surface area contributed by atoms with E-state index < -0.39 is 17.7 Å². The van der Waals surface area contributed by atoms with Gasteiger partial charge in [-0.05, 0) is 42.0 Å². The average molecular weight is 353 g/mol. The van der Waals surface area contributed by atoms with Crippen LogP contribution in [0.3, 0.4) is 0 Å². The fraction of sp³-hybridized carbons (Fsp3) is 0.200. The van der Waals surface area contributed by atoms with Crippen molar-refractivity contribution >= 4 is 17.4 Å². The Bertz CT molecular complexity index is 885. The van der Waals surface area contributed by atoms with Gasteiger partial charge in [-0.15, -0.1) is 0 Å². The Morgan fingerprint density at radius 3 is 2.42 bits per heavy atom. The first-order valence-corrected chi connectivity index (χ1v) is 8.20. The van der Waals surface area contributed by atoms with Crippen molar-refractivity contribution in [3.05, 3.63) is 65.4 Å². The predicted molar refractivity (Wildman–Crippen MR) is 96.3 cm³/mol. The number of anilines is 1. The van der Waals surface area contributed by atoms with Crippen LogP contribution in [-0.2, 0) is 9.59 Å². The Morgan fingerprint density at radius 1 is 1.15 bits per heavy atom. The zero-order chi connectivity index (χ0) is 18.8. The Morgan fingerprint density at radius 2 is 1.85 bits per heavy atom. The SMILES string of the molecule is CCC(=O)C1=C(O)C(=O)N(c2ccc(OC)cc2)C1c1cccc(O)c1. The highest BCUT2D eigenvalue weighted by molar-refractivity contribution is 6.16. The van der Waals surface area contributed by atoms with Crippen LogP contribution in [0.15, 0.2) is 59.9 Å². The van der Waals surface area contributed by atoms with E-state index in [2.05, 4.69) is 0 Å². The van der Waals surface area contributed by atoms with Crippen LogP contribution in [0.2, 0.25) is 0 Å². The molecule has 6 heteroatoms. The third-order valence-electron chi connectivity index (χ3n) is 4.37. The first-order valence-electron chi connectivity index (χ1n) is 8.20. The van der Waals surface area contributed by atoms with Gasteiger partial charge in [-0.25, -0.2) is 0 Å². The molecule has 0 radical (unpaired) electrons. The number of rotatable bonds is 5. The number of phenols is 1. The number of ketones is 1. The highest BCUT2D eigenvalue weighted by atomic mass is 16.5. The zero-order valence-corrected chi connectivity index (χ0v) is 14.5. The summed E-state index contributed by atoms with van der Waals surface area (Å²) >= 11 is 0. The lowest BCUT2D eigenvalue weighted by Crippen LogP contribution is -2.30. The molecule has 0 saturated heterocycles. The summed E-state index contributed by atoms with van der Waals surface area (Å²) in [7, 11) is 1.54. The number of methoxy groups -OCH3 is 1. The number of carbonyl (C=O) groups is 2. The van der Waals surface area contributed by atoms with Crippen molar-refractivity contribution in [3.8, 4) is 11.5 Å². The molecule has 0 aliphatic carbocycles. The van der Waals surface area contributed by atoms with Crippen LogP contribution in [0.5, 0.6) is 11.5 Å². The summed E-state index contributed by atoms with van der Waals surface area (Å²) in [5, 5.41) is 20.2. The van der Waals surface area contributed by atoms with Crippen LogP contribution in [0.1, 0.15) is 24.9 Å². The van der Waals surface area contributed by atoms with Gasteiger partial charge < -0.3 is 14.9 Å². The quantitative estimate of drug-likeness (QED) is 0.861. The molecule has 0 aromatic heterocycles. The van der Waals surface area contributed by atoms with Crippen LogP contribution in [0, 0.1) is 0 Å². The first-order chi connectivity index (χ1) is 12.5. The number of hydrogen-bond acceptors (Lipinski definition) is 5. The number of Topliss-reactive ketones (excluding diaryl/α,β-unsaturated/α-hetero) is 1. The highest BCUT2D eigenvalue weighted by Gasteiger charge is 2.43. The molecule has 1 aliphatic rings. The third kappa shape index (κ3) is 2.90. The normalized spacial score (nSPS) is 16.9. The lowest BCUT2D eigenvalue weighted by atomic mass is 9.94. The fourth-order valence-electron chi connectivity index (χ4n) is 3.10. The van der Waals surface area contributed by atoms with Gasteiger partial charge in [-0.2, -0.15) is 0 Å². The van der Waals surface area contributed by atoms with E-state index in [-0.39, 0.29) is 23.5 Å². The number of hydrogen-bond donors (Lipinski definition) is 2. The molecule has 0 bridgehead atoms. The smallest absolute Gasteiger partial charge is 0.294 e. The van der Waals surface area contributed by atoms with Crippen LogP contribution in [0.4, 0.5) is 5.69 Å². The maximum Gasteiger partial charge on any atom is 0.294 e. The summed E-state index contributed by atoms with van der Waals surface area (Å²) in [4.78, 5) is 26.5. The molecule has 2 aromatic carbocycles. The Balaban J connectivity index is 2.15. The van der Waals surface area contributed by atoms with Crippen molar-refractivity contribution in [1.82, 2.24) is 0 Å². The van der Waals surface area contributed by atoms with Crippen molar-refractivity contribution in [2.45, 2.75) is 19.4 Å². The number of aromatic hydroxyl groups is 1. The van der Waals surface area contributed by atoms with E-state index in [1.165, 1.54) is 24.1 Å². The van der Waals surface area contributed by atoms with Crippen LogP contribution >= 0.6 is 0 Å². The van der Waals surface area contributed by atoms with Crippen molar-refractivity contribution in [1.29, 1.82) is 0 Å². The van der Waals surface area contributed by atoms with Crippen LogP contribution in [-0.4, -0.2) is 29.0 Å². The minimum atomic E-state index is -0.810. The summed E-state index contributed by atoms with van der Waals surface area (Å²) in [6.45, 7) is 1.67. The van der Waals surface area contributed by atoms with Crippen molar-refractivity contribution in [2.24, 2.45) is 0 Å². The van der Waals surface area contributed by atoms with E-state index in [0.717, 1.165) is 0 Å². The van der Waals surface area contributed by atoms with E-state index in [1.54, 1.807) is 43.3 Å². The minimum Gasteiger partial charge on any atom is -0.508 e. The van der Waals surface area contributed by atoms with E-state index in [9.17, 15) is 19.8 Å². The molecule has 26 heavy (non-hydrogen) atoms. The highest BCUT2D eigenvalue weighted by Crippen LogP contribution is 2.42. The molecular weight excluding hydrogens is 334 g/mol. The zero-order valence-electron chi connectivity index (χ0n) is 14.5. The molecule has 134 valence electrons. The number of aliphatic hydroxyl groups excluding tert-OH is 1. The second-order valence-corrected chi connectivity index (χ2v) is 5.91. The molecule has 1 atom stereocenters. The standard InChI is InChI=1S/C20H19NO5/c1-3-16(23)17-18(12-5-4-6-14(22)11-12)21(20(25)19(17)24)13-7-9-15(26-2)10-8-13/h4-11,18,22,24H,3H2,1-2H3. The number of aliphatic hydroxyl groups is 1. The molecule has 6 nitrogen and oxygen atoms in total. The second-order valence-electron chi connectivity index (χ2n) is 5.91. The van der Waals surface area contributed by atoms with Gasteiger partial charge in [-0.3, -0.25) is 14.5 Å². The van der Waals surface area contributed by atoms with Crippen molar-refractivity contribution in [3.63, 3.8) is 0 Å². The molecule has 0 fully saturated rings. The Hall–Kier alpha value is -3.28. The summed E-state index contributed by atoms with van der Waals surface area (Å²) in [6, 6.07) is 12.3. The molecule has 0 spiro atoms. The summed E-state index contributed by atoms with van der Waals surface area (Å²) < 4.78 is 5.13. The van der Waals surface area contributed by atoms with Gasteiger partial charge in [0.05, 0.1) is 18.7 Å². The van der Waals surface area contributed by atoms with Gasteiger partial charge in [0.25, 0.3) is 5.91 Å². The van der Waals surface area contributed by atoms with E-state index in [0.29, 0.717) is 17.0 Å². The number of phenolic OH excluding ortho intramolecular Hbond substituents is 1. The number of nitrogens with zero attached hydrogens (tertiary/aromatic N) is 1. The second kappa shape index (κ2) is 6.92. The van der Waals surface area contributed by atoms with E-state index >= 15 is 0 Å².